The first-order valence-electron chi connectivity index (χ1n) is 7.34. The zero-order valence-corrected chi connectivity index (χ0v) is 13.5. The van der Waals surface area contributed by atoms with Gasteiger partial charge in [-0.15, -0.1) is 0 Å². The number of hydrogen-bond donors (Lipinski definition) is 0. The van der Waals surface area contributed by atoms with Crippen LogP contribution in [0.4, 0.5) is 5.82 Å². The van der Waals surface area contributed by atoms with Crippen molar-refractivity contribution in [1.29, 1.82) is 0 Å². The predicted octanol–water partition coefficient (Wildman–Crippen LogP) is 2.92. The molecule has 4 nitrogen and oxygen atoms in total. The molecule has 0 aliphatic carbocycles. The van der Waals surface area contributed by atoms with Gasteiger partial charge in [0.05, 0.1) is 0 Å². The zero-order valence-electron chi connectivity index (χ0n) is 11.9. The van der Waals surface area contributed by atoms with Gasteiger partial charge in [-0.2, -0.15) is 0 Å². The Labute approximate surface area is 129 Å². The molecule has 3 rings (SSSR count). The molecule has 0 saturated carbocycles. The molecular weight excluding hydrogens is 292 g/mol. The summed E-state index contributed by atoms with van der Waals surface area (Å²) in [5, 5.41) is 1.30. The highest BCUT2D eigenvalue weighted by Gasteiger charge is 2.29. The van der Waals surface area contributed by atoms with Gasteiger partial charge in [0.25, 0.3) is 0 Å². The van der Waals surface area contributed by atoms with E-state index < -0.39 is 0 Å². The van der Waals surface area contributed by atoms with E-state index in [0.717, 1.165) is 24.1 Å². The Morgan fingerprint density at radius 2 is 2.00 bits per heavy atom. The highest BCUT2D eigenvalue weighted by atomic mass is 35.5. The number of anilines is 1. The minimum atomic E-state index is 0.542. The van der Waals surface area contributed by atoms with Crippen molar-refractivity contribution in [3.8, 4) is 0 Å². The van der Waals surface area contributed by atoms with E-state index in [1.807, 2.05) is 12.3 Å². The molecule has 0 aromatic carbocycles. The van der Waals surface area contributed by atoms with Crippen molar-refractivity contribution in [3.63, 3.8) is 0 Å². The summed E-state index contributed by atoms with van der Waals surface area (Å²) in [6.07, 6.45) is 7.32. The fourth-order valence-electron chi connectivity index (χ4n) is 3.17. The summed E-state index contributed by atoms with van der Waals surface area (Å²) in [6, 6.07) is 2.57. The molecule has 0 bridgehead atoms. The molecule has 1 atom stereocenters. The van der Waals surface area contributed by atoms with Crippen LogP contribution in [0.15, 0.2) is 11.2 Å². The predicted molar refractivity (Wildman–Crippen MR) is 84.9 cm³/mol. The maximum atomic E-state index is 6.09. The smallest absolute Gasteiger partial charge is 0.190 e. The van der Waals surface area contributed by atoms with E-state index in [4.69, 9.17) is 11.6 Å². The second-order valence-corrected chi connectivity index (χ2v) is 6.68. The minimum Gasteiger partial charge on any atom is -0.355 e. The van der Waals surface area contributed by atoms with Crippen LogP contribution in [0.3, 0.4) is 0 Å². The number of halogens is 1. The molecule has 6 heteroatoms. The van der Waals surface area contributed by atoms with E-state index >= 15 is 0 Å². The summed E-state index contributed by atoms with van der Waals surface area (Å²) in [5.74, 6) is 0.980. The van der Waals surface area contributed by atoms with E-state index in [2.05, 4.69) is 19.8 Å². The van der Waals surface area contributed by atoms with Crippen LogP contribution >= 0.6 is 23.4 Å². The first kappa shape index (κ1) is 14.4. The molecule has 1 unspecified atom stereocenters. The fraction of sp³-hybridized carbons (Fsp3) is 0.714. The van der Waals surface area contributed by atoms with E-state index in [1.165, 1.54) is 38.8 Å². The van der Waals surface area contributed by atoms with Crippen LogP contribution in [0.5, 0.6) is 0 Å². The van der Waals surface area contributed by atoms with E-state index in [1.54, 1.807) is 11.8 Å². The zero-order chi connectivity index (χ0) is 13.9. The Kier molecular flexibility index (Phi) is 4.68. The first-order valence-corrected chi connectivity index (χ1v) is 8.94. The lowest BCUT2D eigenvalue weighted by Gasteiger charge is -2.32. The van der Waals surface area contributed by atoms with Crippen molar-refractivity contribution in [2.24, 2.45) is 0 Å². The monoisotopic (exact) mass is 312 g/mol. The number of aromatic nitrogens is 2. The van der Waals surface area contributed by atoms with Crippen LogP contribution in [0.1, 0.15) is 25.7 Å². The molecule has 0 N–H and O–H groups in total. The average Bonchev–Trinajstić information content (AvgIpc) is 2.97. The molecule has 2 aliphatic heterocycles. The molecule has 1 aromatic rings. The van der Waals surface area contributed by atoms with Gasteiger partial charge in [-0.05, 0) is 38.6 Å². The third kappa shape index (κ3) is 3.21. The van der Waals surface area contributed by atoms with E-state index in [9.17, 15) is 0 Å². The molecule has 20 heavy (non-hydrogen) atoms. The van der Waals surface area contributed by atoms with Crippen molar-refractivity contribution in [2.45, 2.75) is 36.9 Å². The van der Waals surface area contributed by atoms with Crippen molar-refractivity contribution in [2.75, 3.05) is 37.3 Å². The van der Waals surface area contributed by atoms with Gasteiger partial charge in [0.15, 0.2) is 5.16 Å². The summed E-state index contributed by atoms with van der Waals surface area (Å²) in [6.45, 7) is 4.67. The van der Waals surface area contributed by atoms with Gasteiger partial charge in [0.2, 0.25) is 0 Å². The lowest BCUT2D eigenvalue weighted by atomic mass is 10.1. The average molecular weight is 313 g/mol. The third-order valence-corrected chi connectivity index (χ3v) is 4.98. The van der Waals surface area contributed by atoms with Gasteiger partial charge < -0.3 is 4.90 Å². The van der Waals surface area contributed by atoms with Crippen LogP contribution < -0.4 is 4.90 Å². The largest absolute Gasteiger partial charge is 0.355 e. The number of rotatable bonds is 3. The Bertz CT molecular complexity index is 464. The lowest BCUT2D eigenvalue weighted by Crippen LogP contribution is -2.41. The Morgan fingerprint density at radius 3 is 2.75 bits per heavy atom. The topological polar surface area (TPSA) is 32.3 Å². The van der Waals surface area contributed by atoms with Gasteiger partial charge in [-0.25, -0.2) is 9.97 Å². The molecule has 1 aromatic heterocycles. The van der Waals surface area contributed by atoms with Crippen LogP contribution in [0.25, 0.3) is 0 Å². The summed E-state index contributed by atoms with van der Waals surface area (Å²) < 4.78 is 0. The van der Waals surface area contributed by atoms with Gasteiger partial charge in [-0.1, -0.05) is 29.8 Å². The molecule has 2 aliphatic rings. The molecule has 3 heterocycles. The van der Waals surface area contributed by atoms with Crippen LogP contribution in [-0.2, 0) is 0 Å². The first-order chi connectivity index (χ1) is 9.76. The number of likely N-dealkylation sites (tertiary alicyclic amines) is 1. The molecular formula is C14H21ClN4S. The maximum absolute atomic E-state index is 6.09. The number of thioether (sulfide) groups is 1. The van der Waals surface area contributed by atoms with Crippen molar-refractivity contribution in [1.82, 2.24) is 14.9 Å². The molecule has 0 amide bonds. The highest BCUT2D eigenvalue weighted by molar-refractivity contribution is 7.98. The fourth-order valence-corrected chi connectivity index (χ4v) is 3.77. The van der Waals surface area contributed by atoms with Crippen molar-refractivity contribution >= 4 is 29.2 Å². The Morgan fingerprint density at radius 1 is 1.20 bits per heavy atom. The van der Waals surface area contributed by atoms with E-state index in [-0.39, 0.29) is 0 Å². The van der Waals surface area contributed by atoms with Gasteiger partial charge in [0, 0.05) is 25.2 Å². The second kappa shape index (κ2) is 6.50. The van der Waals surface area contributed by atoms with Gasteiger partial charge in [0.1, 0.15) is 11.0 Å². The standard InChI is InChI=1S/C14H21ClN4S/c1-20-14-16-12(15)9-13(17-14)19-8-5-11(10-19)18-6-3-2-4-7-18/h9,11H,2-8,10H2,1H3. The number of hydrogen-bond acceptors (Lipinski definition) is 5. The molecule has 2 saturated heterocycles. The molecule has 0 spiro atoms. The number of piperidine rings is 1. The summed E-state index contributed by atoms with van der Waals surface area (Å²) in [5.41, 5.74) is 0. The normalized spacial score (nSPS) is 24.3. The third-order valence-electron chi connectivity index (χ3n) is 4.24. The van der Waals surface area contributed by atoms with Crippen LogP contribution in [0, 0.1) is 0 Å². The van der Waals surface area contributed by atoms with Crippen LogP contribution in [-0.4, -0.2) is 53.3 Å². The number of nitrogens with zero attached hydrogens (tertiary/aromatic N) is 4. The molecule has 110 valence electrons. The maximum Gasteiger partial charge on any atom is 0.190 e. The Hall–Kier alpha value is -0.520. The quantitative estimate of drug-likeness (QED) is 0.487. The van der Waals surface area contributed by atoms with Crippen molar-refractivity contribution in [3.05, 3.63) is 11.2 Å². The molecule has 2 fully saturated rings. The summed E-state index contributed by atoms with van der Waals surface area (Å²) >= 11 is 7.63. The molecule has 0 radical (unpaired) electrons. The van der Waals surface area contributed by atoms with Crippen LogP contribution in [0.2, 0.25) is 5.15 Å². The van der Waals surface area contributed by atoms with Crippen molar-refractivity contribution < 1.29 is 0 Å². The minimum absolute atomic E-state index is 0.542. The second-order valence-electron chi connectivity index (χ2n) is 5.52. The lowest BCUT2D eigenvalue weighted by molar-refractivity contribution is 0.175. The summed E-state index contributed by atoms with van der Waals surface area (Å²) in [4.78, 5) is 13.8. The van der Waals surface area contributed by atoms with Gasteiger partial charge >= 0.3 is 0 Å². The summed E-state index contributed by atoms with van der Waals surface area (Å²) in [7, 11) is 0. The Balaban J connectivity index is 1.68. The van der Waals surface area contributed by atoms with E-state index in [0.29, 0.717) is 11.2 Å². The highest BCUT2D eigenvalue weighted by Crippen LogP contribution is 2.26. The van der Waals surface area contributed by atoms with Gasteiger partial charge in [-0.3, -0.25) is 4.90 Å². The SMILES string of the molecule is CSc1nc(Cl)cc(N2CCC(N3CCCCC3)C2)n1.